The minimum Gasteiger partial charge on any atom is -0.488 e. The van der Waals surface area contributed by atoms with Crippen LogP contribution in [0.25, 0.3) is 0 Å². The fourth-order valence-corrected chi connectivity index (χ4v) is 2.54. The van der Waals surface area contributed by atoms with Crippen molar-refractivity contribution in [1.29, 1.82) is 0 Å². The van der Waals surface area contributed by atoms with Crippen LogP contribution in [0, 0.1) is 0 Å². The quantitative estimate of drug-likeness (QED) is 0.765. The second-order valence-corrected chi connectivity index (χ2v) is 6.44. The predicted octanol–water partition coefficient (Wildman–Crippen LogP) is 3.45. The minimum absolute atomic E-state index is 0.190. The molecule has 18 heavy (non-hydrogen) atoms. The lowest BCUT2D eigenvalue weighted by atomic mass is 10.1. The van der Waals surface area contributed by atoms with Crippen LogP contribution in [0.15, 0.2) is 18.2 Å². The Kier molecular flexibility index (Phi) is 4.85. The predicted molar refractivity (Wildman–Crippen MR) is 75.1 cm³/mol. The van der Waals surface area contributed by atoms with Gasteiger partial charge in [0, 0.05) is 12.5 Å². The highest BCUT2D eigenvalue weighted by molar-refractivity contribution is 7.51. The Hall–Kier alpha value is -0.790. The van der Waals surface area contributed by atoms with Crippen molar-refractivity contribution in [2.45, 2.75) is 25.9 Å². The van der Waals surface area contributed by atoms with E-state index in [1.54, 1.807) is 0 Å². The topological polar surface area (TPSA) is 27.7 Å². The van der Waals surface area contributed by atoms with Crippen LogP contribution in [0.5, 0.6) is 11.5 Å². The molecular weight excluding hydrogens is 247 g/mol. The molecule has 1 aliphatic rings. The van der Waals surface area contributed by atoms with Crippen molar-refractivity contribution in [3.63, 3.8) is 0 Å². The smallest absolute Gasteiger partial charge is 0.130 e. The van der Waals surface area contributed by atoms with Crippen molar-refractivity contribution in [1.82, 2.24) is 0 Å². The van der Waals surface area contributed by atoms with Gasteiger partial charge in [0.2, 0.25) is 0 Å². The van der Waals surface area contributed by atoms with Gasteiger partial charge in [-0.25, -0.2) is 0 Å². The molecule has 1 aliphatic heterocycles. The van der Waals surface area contributed by atoms with E-state index >= 15 is 0 Å². The molecule has 3 nitrogen and oxygen atoms in total. The number of aryl methyl sites for hydroxylation is 1. The number of rotatable bonds is 5. The Labute approximate surface area is 110 Å². The largest absolute Gasteiger partial charge is 0.488 e. The van der Waals surface area contributed by atoms with Gasteiger partial charge in [-0.2, -0.15) is 0 Å². The first-order valence-corrected chi connectivity index (χ1v) is 8.57. The van der Waals surface area contributed by atoms with Crippen molar-refractivity contribution in [3.05, 3.63) is 23.8 Å². The molecule has 2 rings (SSSR count). The Morgan fingerprint density at radius 2 is 2.22 bits per heavy atom. The maximum absolute atomic E-state index is 5.90. The highest BCUT2D eigenvalue weighted by Gasteiger charge is 2.17. The van der Waals surface area contributed by atoms with Crippen LogP contribution in [0.3, 0.4) is 0 Å². The molecule has 1 aromatic carbocycles. The average Bonchev–Trinajstić information content (AvgIpc) is 2.81. The Bertz CT molecular complexity index is 387. The van der Waals surface area contributed by atoms with Crippen LogP contribution >= 0.6 is 8.15 Å². The number of ether oxygens (including phenoxy) is 2. The number of hydrogen-bond acceptors (Lipinski definition) is 3. The zero-order valence-electron chi connectivity index (χ0n) is 11.3. The molecule has 1 aromatic rings. The fraction of sp³-hybridized carbons (Fsp3) is 0.571. The third-order valence-corrected chi connectivity index (χ3v) is 3.45. The van der Waals surface area contributed by atoms with Crippen LogP contribution in [0.1, 0.15) is 18.9 Å². The summed E-state index contributed by atoms with van der Waals surface area (Å²) in [4.78, 5) is 0. The van der Waals surface area contributed by atoms with E-state index in [0.29, 0.717) is 6.61 Å². The molecule has 1 heterocycles. The summed E-state index contributed by atoms with van der Waals surface area (Å²) in [6, 6.07) is 6.14. The van der Waals surface area contributed by atoms with Crippen molar-refractivity contribution in [2.24, 2.45) is 0 Å². The molecule has 0 radical (unpaired) electrons. The van der Waals surface area contributed by atoms with Crippen molar-refractivity contribution < 1.29 is 14.0 Å². The molecule has 1 fully saturated rings. The lowest BCUT2D eigenvalue weighted by molar-refractivity contribution is 0.141. The van der Waals surface area contributed by atoms with Crippen LogP contribution in [0.4, 0.5) is 0 Å². The standard InChI is InChI=1S/C14H21O3P/c1-4-11-5-6-12(9-14(11)17-18(2)3)16-13-7-8-15-10-13/h5-6,9,13H,4,7-8,10H2,1-3H3/t13-/m0/s1. The second kappa shape index (κ2) is 6.40. The summed E-state index contributed by atoms with van der Waals surface area (Å²) in [6.45, 7) is 7.84. The third-order valence-electron chi connectivity index (χ3n) is 2.89. The first-order chi connectivity index (χ1) is 8.69. The van der Waals surface area contributed by atoms with Gasteiger partial charge in [0.05, 0.1) is 21.4 Å². The molecule has 100 valence electrons. The van der Waals surface area contributed by atoms with Gasteiger partial charge in [0.1, 0.15) is 17.6 Å². The minimum atomic E-state index is -0.407. The van der Waals surface area contributed by atoms with Gasteiger partial charge in [0.25, 0.3) is 0 Å². The molecule has 4 heteroatoms. The van der Waals surface area contributed by atoms with Gasteiger partial charge in [-0.05, 0) is 31.4 Å². The maximum Gasteiger partial charge on any atom is 0.130 e. The highest BCUT2D eigenvalue weighted by atomic mass is 31.1. The fourth-order valence-electron chi connectivity index (χ4n) is 1.98. The Morgan fingerprint density at radius 3 is 2.83 bits per heavy atom. The number of hydrogen-bond donors (Lipinski definition) is 0. The van der Waals surface area contributed by atoms with Gasteiger partial charge < -0.3 is 14.0 Å². The normalized spacial score (nSPS) is 19.2. The van der Waals surface area contributed by atoms with E-state index < -0.39 is 8.15 Å². The molecule has 0 amide bonds. The summed E-state index contributed by atoms with van der Waals surface area (Å²) >= 11 is 0. The van der Waals surface area contributed by atoms with Crippen LogP contribution in [0.2, 0.25) is 0 Å². The van der Waals surface area contributed by atoms with Gasteiger partial charge in [0.15, 0.2) is 0 Å². The summed E-state index contributed by atoms with van der Waals surface area (Å²) < 4.78 is 17.1. The lowest BCUT2D eigenvalue weighted by Gasteiger charge is -2.17. The van der Waals surface area contributed by atoms with E-state index in [-0.39, 0.29) is 6.10 Å². The molecule has 0 N–H and O–H groups in total. The van der Waals surface area contributed by atoms with E-state index in [9.17, 15) is 0 Å². The van der Waals surface area contributed by atoms with Gasteiger partial charge in [-0.1, -0.05) is 13.0 Å². The first-order valence-electron chi connectivity index (χ1n) is 6.41. The molecule has 0 bridgehead atoms. The van der Waals surface area contributed by atoms with Crippen LogP contribution < -0.4 is 9.26 Å². The van der Waals surface area contributed by atoms with Crippen molar-refractivity contribution in [3.8, 4) is 11.5 Å². The van der Waals surface area contributed by atoms with Crippen molar-refractivity contribution >= 4 is 8.15 Å². The molecule has 0 saturated carbocycles. The zero-order chi connectivity index (χ0) is 13.0. The zero-order valence-corrected chi connectivity index (χ0v) is 12.2. The maximum atomic E-state index is 5.90. The Morgan fingerprint density at radius 1 is 1.39 bits per heavy atom. The monoisotopic (exact) mass is 268 g/mol. The van der Waals surface area contributed by atoms with Gasteiger partial charge in [-0.15, -0.1) is 0 Å². The van der Waals surface area contributed by atoms with Gasteiger partial charge >= 0.3 is 0 Å². The summed E-state index contributed by atoms with van der Waals surface area (Å²) in [5, 5.41) is 0. The van der Waals surface area contributed by atoms with Crippen molar-refractivity contribution in [2.75, 3.05) is 26.5 Å². The average molecular weight is 268 g/mol. The summed E-state index contributed by atoms with van der Waals surface area (Å²) in [5.74, 6) is 1.85. The molecular formula is C14H21O3P. The van der Waals surface area contributed by atoms with E-state index in [1.807, 2.05) is 12.1 Å². The highest BCUT2D eigenvalue weighted by Crippen LogP contribution is 2.35. The van der Waals surface area contributed by atoms with E-state index in [1.165, 1.54) is 5.56 Å². The third kappa shape index (κ3) is 3.60. The molecule has 1 atom stereocenters. The SMILES string of the molecule is CCc1ccc(O[C@H]2CCOC2)cc1OP(C)C. The van der Waals surface area contributed by atoms with Crippen LogP contribution in [-0.2, 0) is 11.2 Å². The molecule has 0 aliphatic carbocycles. The second-order valence-electron chi connectivity index (χ2n) is 4.63. The number of benzene rings is 1. The first kappa shape index (κ1) is 13.6. The summed E-state index contributed by atoms with van der Waals surface area (Å²) in [7, 11) is -0.407. The van der Waals surface area contributed by atoms with E-state index in [4.69, 9.17) is 14.0 Å². The summed E-state index contributed by atoms with van der Waals surface area (Å²) in [6.07, 6.45) is 2.14. The van der Waals surface area contributed by atoms with Gasteiger partial charge in [-0.3, -0.25) is 0 Å². The molecule has 1 saturated heterocycles. The Balaban J connectivity index is 2.10. The molecule has 0 spiro atoms. The molecule has 0 unspecified atom stereocenters. The summed E-state index contributed by atoms with van der Waals surface area (Å²) in [5.41, 5.74) is 1.24. The van der Waals surface area contributed by atoms with E-state index in [0.717, 1.165) is 30.9 Å². The van der Waals surface area contributed by atoms with Crippen LogP contribution in [-0.4, -0.2) is 32.6 Å². The lowest BCUT2D eigenvalue weighted by Crippen LogP contribution is -2.15. The molecule has 0 aromatic heterocycles. The van der Waals surface area contributed by atoms with E-state index in [2.05, 4.69) is 26.3 Å².